The molecule has 11 heteroatoms. The Kier molecular flexibility index (Phi) is 27.7. The van der Waals surface area contributed by atoms with Gasteiger partial charge in [-0.1, -0.05) is 11.1 Å². The molecule has 0 spiro atoms. The van der Waals surface area contributed by atoms with Gasteiger partial charge >= 0.3 is 0 Å². The van der Waals surface area contributed by atoms with E-state index in [1.807, 2.05) is 25.1 Å². The van der Waals surface area contributed by atoms with E-state index in [-0.39, 0.29) is 20.4 Å². The van der Waals surface area contributed by atoms with Crippen molar-refractivity contribution in [3.8, 4) is 11.5 Å². The minimum absolute atomic E-state index is 0. The number of aliphatic carboxylic acids is 1. The van der Waals surface area contributed by atoms with E-state index in [0.717, 1.165) is 12.5 Å². The van der Waals surface area contributed by atoms with E-state index in [1.54, 1.807) is 39.2 Å². The summed E-state index contributed by atoms with van der Waals surface area (Å²) in [7, 11) is 1.99. The summed E-state index contributed by atoms with van der Waals surface area (Å²) in [5, 5.41) is 7.94. The molecule has 0 heterocycles. The first-order valence-corrected chi connectivity index (χ1v) is 11.9. The molecule has 1 aromatic carbocycles. The zero-order valence-electron chi connectivity index (χ0n) is 17.4. The van der Waals surface area contributed by atoms with E-state index < -0.39 is 27.6 Å². The second-order valence-corrected chi connectivity index (χ2v) is 8.17. The predicted molar refractivity (Wildman–Crippen MR) is 117 cm³/mol. The SMILES string of the molecule is CC(=O)O.CCN=C([S-])c1c(OC)cccc1OC.CS(C)=O.CS(C)=O.[Pd]. The molecule has 0 fully saturated rings. The van der Waals surface area contributed by atoms with Crippen LogP contribution in [-0.4, -0.2) is 70.3 Å². The second-order valence-electron chi connectivity index (χ2n) is 4.82. The number of methoxy groups -OCH3 is 2. The van der Waals surface area contributed by atoms with E-state index in [1.165, 1.54) is 0 Å². The number of rotatable bonds is 4. The van der Waals surface area contributed by atoms with Crippen molar-refractivity contribution in [2.45, 2.75) is 13.8 Å². The molecule has 0 aromatic heterocycles. The Hall–Kier alpha value is -0.858. The maximum absolute atomic E-state index is 9.56. The van der Waals surface area contributed by atoms with E-state index in [4.69, 9.17) is 32.0 Å². The van der Waals surface area contributed by atoms with Crippen molar-refractivity contribution < 1.29 is 48.2 Å². The Balaban J connectivity index is -0.000000183. The zero-order chi connectivity index (χ0) is 22.0. The number of nitrogens with zero attached hydrogens (tertiary/aromatic N) is 1. The Bertz CT molecular complexity index is 564. The molecule has 0 aliphatic carbocycles. The normalized spacial score (nSPS) is 9.43. The van der Waals surface area contributed by atoms with Crippen molar-refractivity contribution in [2.75, 3.05) is 45.8 Å². The maximum atomic E-state index is 9.56. The smallest absolute Gasteiger partial charge is 0.300 e. The third-order valence-electron chi connectivity index (χ3n) is 1.94. The molecule has 1 N–H and O–H groups in total. The van der Waals surface area contributed by atoms with E-state index in [9.17, 15) is 8.42 Å². The van der Waals surface area contributed by atoms with Crippen LogP contribution in [0.1, 0.15) is 19.4 Å². The van der Waals surface area contributed by atoms with Gasteiger partial charge in [0.25, 0.3) is 5.97 Å². The van der Waals surface area contributed by atoms with Crippen LogP contribution < -0.4 is 9.47 Å². The van der Waals surface area contributed by atoms with Gasteiger partial charge < -0.3 is 32.2 Å². The Labute approximate surface area is 192 Å². The molecule has 0 saturated carbocycles. The number of carbonyl (C=O) groups is 1. The standard InChI is InChI=1S/C11H15NO2S.C2H4O2.2C2H6OS.Pd/c1-4-12-11(15)10-8(13-2)6-5-7-9(10)14-3;1-2(3)4;2*1-4(2)3;/h5-7H,4H2,1-3H3,(H,12,15);1H3,(H,3,4);2*1-2H3;/p-1. The molecule has 0 saturated heterocycles. The third-order valence-corrected chi connectivity index (χ3v) is 2.28. The first-order valence-electron chi connectivity index (χ1n) is 7.56. The van der Waals surface area contributed by atoms with Gasteiger partial charge in [0.05, 0.1) is 19.8 Å². The number of aliphatic imine (C=N–C) groups is 1. The van der Waals surface area contributed by atoms with Crippen LogP contribution in [0.4, 0.5) is 0 Å². The summed E-state index contributed by atoms with van der Waals surface area (Å²) in [5.41, 5.74) is 0.749. The van der Waals surface area contributed by atoms with Crippen LogP contribution in [0.2, 0.25) is 0 Å². The summed E-state index contributed by atoms with van der Waals surface area (Å²) in [6.07, 6.45) is 6.56. The van der Waals surface area contributed by atoms with E-state index in [0.29, 0.717) is 23.1 Å². The molecule has 0 aliphatic heterocycles. The van der Waals surface area contributed by atoms with Crippen LogP contribution in [0.5, 0.6) is 11.5 Å². The fraction of sp³-hybridized carbons (Fsp3) is 0.529. The molecule has 0 unspecified atom stereocenters. The van der Waals surface area contributed by atoms with E-state index >= 15 is 0 Å². The van der Waals surface area contributed by atoms with Crippen molar-refractivity contribution in [2.24, 2.45) is 4.99 Å². The largest absolute Gasteiger partial charge is 0.760 e. The Morgan fingerprint density at radius 2 is 1.36 bits per heavy atom. The first kappa shape index (κ1) is 34.6. The molecular weight excluding hydrogens is 517 g/mol. The van der Waals surface area contributed by atoms with Crippen molar-refractivity contribution in [1.82, 2.24) is 0 Å². The fourth-order valence-electron chi connectivity index (χ4n) is 1.28. The fourth-order valence-corrected chi connectivity index (χ4v) is 1.61. The summed E-state index contributed by atoms with van der Waals surface area (Å²) < 4.78 is 29.6. The number of carboxylic acids is 1. The van der Waals surface area contributed by atoms with Gasteiger partial charge in [0.2, 0.25) is 0 Å². The summed E-state index contributed by atoms with van der Waals surface area (Å²) in [4.78, 5) is 13.2. The van der Waals surface area contributed by atoms with Gasteiger partial charge in [0.15, 0.2) is 0 Å². The van der Waals surface area contributed by atoms with Gasteiger partial charge in [-0.15, -0.1) is 0 Å². The minimum atomic E-state index is -0.833. The van der Waals surface area contributed by atoms with Crippen molar-refractivity contribution in [3.05, 3.63) is 23.8 Å². The molecule has 7 nitrogen and oxygen atoms in total. The van der Waals surface area contributed by atoms with Gasteiger partial charge in [-0.25, -0.2) is 0 Å². The average Bonchev–Trinajstić information content (AvgIpc) is 2.52. The Morgan fingerprint density at radius 1 is 1.07 bits per heavy atom. The summed E-state index contributed by atoms with van der Waals surface area (Å²) >= 11 is 5.20. The Morgan fingerprint density at radius 3 is 1.57 bits per heavy atom. The van der Waals surface area contributed by atoms with Gasteiger partial charge in [0.1, 0.15) is 11.5 Å². The monoisotopic (exact) mass is 546 g/mol. The van der Waals surface area contributed by atoms with Crippen LogP contribution in [0.25, 0.3) is 0 Å². The zero-order valence-corrected chi connectivity index (χ0v) is 21.4. The van der Waals surface area contributed by atoms with Crippen LogP contribution in [-0.2, 0) is 59.4 Å². The summed E-state index contributed by atoms with van der Waals surface area (Å²) in [5.74, 6) is 0.549. The second kappa shape index (κ2) is 22.4. The molecule has 0 radical (unpaired) electrons. The van der Waals surface area contributed by atoms with Crippen LogP contribution in [0.3, 0.4) is 0 Å². The van der Waals surface area contributed by atoms with Crippen molar-refractivity contribution >= 4 is 45.2 Å². The number of carboxylic acid groups (broad SMARTS) is 1. The van der Waals surface area contributed by atoms with Crippen molar-refractivity contribution in [3.63, 3.8) is 0 Å². The molecule has 0 aliphatic rings. The molecule has 1 rings (SSSR count). The molecule has 0 amide bonds. The third kappa shape index (κ3) is 25.1. The van der Waals surface area contributed by atoms with Gasteiger partial charge in [-0.2, -0.15) is 0 Å². The number of ether oxygens (including phenoxy) is 2. The molecule has 1 aromatic rings. The van der Waals surface area contributed by atoms with Crippen LogP contribution in [0.15, 0.2) is 23.2 Å². The minimum Gasteiger partial charge on any atom is -0.760 e. The van der Waals surface area contributed by atoms with E-state index in [2.05, 4.69) is 4.99 Å². The van der Waals surface area contributed by atoms with Crippen LogP contribution in [0, 0.1) is 0 Å². The predicted octanol–water partition coefficient (Wildman–Crippen LogP) is 2.09. The van der Waals surface area contributed by atoms with Crippen molar-refractivity contribution in [1.29, 1.82) is 0 Å². The summed E-state index contributed by atoms with van der Waals surface area (Å²) in [6, 6.07) is 5.54. The van der Waals surface area contributed by atoms with Gasteiger partial charge in [0, 0.05) is 80.5 Å². The number of hydrogen-bond acceptors (Lipinski definition) is 7. The molecule has 28 heavy (non-hydrogen) atoms. The first-order chi connectivity index (χ1) is 12.4. The summed E-state index contributed by atoms with van der Waals surface area (Å²) in [6.45, 7) is 3.67. The molecule has 0 atom stereocenters. The maximum Gasteiger partial charge on any atom is 0.300 e. The van der Waals surface area contributed by atoms with Gasteiger partial charge in [-0.3, -0.25) is 13.2 Å². The topological polar surface area (TPSA) is 102 Å². The quantitative estimate of drug-likeness (QED) is 0.267. The average molecular weight is 547 g/mol. The molecule has 0 bridgehead atoms. The number of hydrogen-bond donors (Lipinski definition) is 1. The number of benzene rings is 1. The van der Waals surface area contributed by atoms with Gasteiger partial charge in [-0.05, 0) is 19.1 Å². The molecular formula is C17H30NO6PdS3-. The van der Waals surface area contributed by atoms with Crippen LogP contribution >= 0.6 is 0 Å². The molecule has 168 valence electrons.